The molecule has 1 aliphatic carbocycles. The Labute approximate surface area is 102 Å². The molecular formula is C10H22O3Ti. The molecule has 0 saturated heterocycles. The van der Waals surface area contributed by atoms with Gasteiger partial charge in [-0.25, -0.2) is 0 Å². The molecule has 0 amide bonds. The normalized spacial score (nSPS) is 10.1. The predicted molar refractivity (Wildman–Crippen MR) is 56.6 cm³/mol. The molecule has 0 saturated carbocycles. The van der Waals surface area contributed by atoms with Crippen LogP contribution in [0.3, 0.4) is 0 Å². The van der Waals surface area contributed by atoms with Crippen LogP contribution in [0.1, 0.15) is 19.8 Å². The number of rotatable bonds is 1. The maximum Gasteiger partial charge on any atom is 0.0319 e. The van der Waals surface area contributed by atoms with E-state index in [9.17, 15) is 0 Å². The van der Waals surface area contributed by atoms with Crippen LogP contribution in [-0.2, 0) is 21.7 Å². The van der Waals surface area contributed by atoms with Gasteiger partial charge in [0.05, 0.1) is 0 Å². The van der Waals surface area contributed by atoms with E-state index >= 15 is 0 Å². The third-order valence-electron chi connectivity index (χ3n) is 1.30. The molecule has 1 rings (SSSR count). The molecule has 0 aliphatic heterocycles. The molecule has 84 valence electrons. The average molecular weight is 238 g/mol. The summed E-state index contributed by atoms with van der Waals surface area (Å²) in [6.07, 6.45) is 8.92. The summed E-state index contributed by atoms with van der Waals surface area (Å²) in [5.41, 5.74) is 1.56. The van der Waals surface area contributed by atoms with E-state index in [0.717, 1.165) is 21.3 Å². The molecule has 14 heavy (non-hydrogen) atoms. The van der Waals surface area contributed by atoms with E-state index in [2.05, 4.69) is 25.2 Å². The Bertz CT molecular complexity index is 123. The molecule has 0 atom stereocenters. The van der Waals surface area contributed by atoms with Crippen LogP contribution < -0.4 is 0 Å². The van der Waals surface area contributed by atoms with Crippen molar-refractivity contribution in [3.63, 3.8) is 0 Å². The summed E-state index contributed by atoms with van der Waals surface area (Å²) < 4.78 is 0. The Kier molecular flexibility index (Phi) is 49.5. The van der Waals surface area contributed by atoms with Gasteiger partial charge in [0.2, 0.25) is 0 Å². The SMILES string of the molecule is CCC1=CC=CC1.CO.CO.CO.[Ti]. The molecule has 0 bridgehead atoms. The van der Waals surface area contributed by atoms with Crippen molar-refractivity contribution in [3.05, 3.63) is 23.8 Å². The third kappa shape index (κ3) is 18.0. The Morgan fingerprint density at radius 1 is 1.07 bits per heavy atom. The monoisotopic (exact) mass is 238 g/mol. The first kappa shape index (κ1) is 23.7. The molecule has 0 aromatic heterocycles. The Morgan fingerprint density at radius 3 is 1.64 bits per heavy atom. The van der Waals surface area contributed by atoms with Crippen molar-refractivity contribution in [3.8, 4) is 0 Å². The molecule has 3 nitrogen and oxygen atoms in total. The minimum atomic E-state index is 0. The molecule has 0 heterocycles. The van der Waals surface area contributed by atoms with Crippen LogP contribution in [-0.4, -0.2) is 36.6 Å². The fourth-order valence-corrected chi connectivity index (χ4v) is 0.754. The van der Waals surface area contributed by atoms with Gasteiger partial charge in [-0.3, -0.25) is 0 Å². The number of allylic oxidation sites excluding steroid dienone is 4. The second-order valence-corrected chi connectivity index (χ2v) is 1.81. The summed E-state index contributed by atoms with van der Waals surface area (Å²) >= 11 is 0. The molecule has 4 heteroatoms. The topological polar surface area (TPSA) is 60.7 Å². The van der Waals surface area contributed by atoms with Crippen LogP contribution in [0.2, 0.25) is 0 Å². The summed E-state index contributed by atoms with van der Waals surface area (Å²) in [6.45, 7) is 2.19. The van der Waals surface area contributed by atoms with Crippen molar-refractivity contribution >= 4 is 0 Å². The maximum absolute atomic E-state index is 7.00. The van der Waals surface area contributed by atoms with Crippen LogP contribution >= 0.6 is 0 Å². The summed E-state index contributed by atoms with van der Waals surface area (Å²) in [7, 11) is 3.00. The molecule has 1 aliphatic rings. The van der Waals surface area contributed by atoms with Gasteiger partial charge >= 0.3 is 0 Å². The van der Waals surface area contributed by atoms with Crippen LogP contribution in [0, 0.1) is 0 Å². The van der Waals surface area contributed by atoms with Gasteiger partial charge in [0.25, 0.3) is 0 Å². The maximum atomic E-state index is 7.00. The van der Waals surface area contributed by atoms with Crippen LogP contribution in [0.4, 0.5) is 0 Å². The van der Waals surface area contributed by atoms with Gasteiger partial charge in [0, 0.05) is 43.0 Å². The third-order valence-corrected chi connectivity index (χ3v) is 1.30. The van der Waals surface area contributed by atoms with Crippen molar-refractivity contribution in [2.75, 3.05) is 21.3 Å². The van der Waals surface area contributed by atoms with Gasteiger partial charge in [-0.1, -0.05) is 30.7 Å². The van der Waals surface area contributed by atoms with Crippen molar-refractivity contribution in [1.82, 2.24) is 0 Å². The van der Waals surface area contributed by atoms with E-state index in [0.29, 0.717) is 0 Å². The number of hydrogen-bond acceptors (Lipinski definition) is 3. The van der Waals surface area contributed by atoms with Gasteiger partial charge in [-0.15, -0.1) is 0 Å². The first-order valence-corrected chi connectivity index (χ1v) is 4.12. The molecule has 0 spiro atoms. The quantitative estimate of drug-likeness (QED) is 0.599. The van der Waals surface area contributed by atoms with E-state index in [1.807, 2.05) is 0 Å². The summed E-state index contributed by atoms with van der Waals surface area (Å²) in [6, 6.07) is 0. The van der Waals surface area contributed by atoms with Crippen molar-refractivity contribution in [2.45, 2.75) is 19.8 Å². The minimum Gasteiger partial charge on any atom is -0.400 e. The summed E-state index contributed by atoms with van der Waals surface area (Å²) in [5.74, 6) is 0. The molecular weight excluding hydrogens is 216 g/mol. The second kappa shape index (κ2) is 29.2. The van der Waals surface area contributed by atoms with Gasteiger partial charge < -0.3 is 15.3 Å². The van der Waals surface area contributed by atoms with Gasteiger partial charge in [0.1, 0.15) is 0 Å². The number of aliphatic hydroxyl groups excluding tert-OH is 3. The first-order chi connectivity index (χ1) is 6.43. The smallest absolute Gasteiger partial charge is 0.0319 e. The molecule has 0 radical (unpaired) electrons. The van der Waals surface area contributed by atoms with E-state index in [1.165, 1.54) is 12.8 Å². The standard InChI is InChI=1S/C7H10.3CH4O.Ti/c1-2-7-5-3-4-6-7;3*1-2;/h3-5H,2,6H2,1H3;3*2H,1H3;. The summed E-state index contributed by atoms with van der Waals surface area (Å²) in [4.78, 5) is 0. The van der Waals surface area contributed by atoms with E-state index in [-0.39, 0.29) is 21.7 Å². The first-order valence-electron chi connectivity index (χ1n) is 4.12. The van der Waals surface area contributed by atoms with Crippen molar-refractivity contribution < 1.29 is 37.0 Å². The fourth-order valence-electron chi connectivity index (χ4n) is 0.754. The Hall–Kier alpha value is 0.0743. The number of aliphatic hydroxyl groups is 3. The van der Waals surface area contributed by atoms with Crippen LogP contribution in [0.15, 0.2) is 23.8 Å². The van der Waals surface area contributed by atoms with Gasteiger partial charge in [-0.05, 0) is 12.8 Å². The zero-order valence-electron chi connectivity index (χ0n) is 9.49. The van der Waals surface area contributed by atoms with Gasteiger partial charge in [0.15, 0.2) is 0 Å². The molecule has 0 fully saturated rings. The molecule has 0 aromatic rings. The summed E-state index contributed by atoms with van der Waals surface area (Å²) in [5, 5.41) is 21.0. The van der Waals surface area contributed by atoms with Crippen molar-refractivity contribution in [2.24, 2.45) is 0 Å². The minimum absolute atomic E-state index is 0. The second-order valence-electron chi connectivity index (χ2n) is 1.81. The Balaban J connectivity index is -0.0000000625. The molecule has 3 N–H and O–H groups in total. The van der Waals surface area contributed by atoms with Crippen molar-refractivity contribution in [1.29, 1.82) is 0 Å². The van der Waals surface area contributed by atoms with Crippen LogP contribution in [0.5, 0.6) is 0 Å². The Morgan fingerprint density at radius 2 is 1.50 bits per heavy atom. The molecule has 0 aromatic carbocycles. The molecule has 0 unspecified atom stereocenters. The van der Waals surface area contributed by atoms with E-state index in [1.54, 1.807) is 5.57 Å². The zero-order valence-corrected chi connectivity index (χ0v) is 11.0. The number of hydrogen-bond donors (Lipinski definition) is 3. The van der Waals surface area contributed by atoms with Crippen LogP contribution in [0.25, 0.3) is 0 Å². The average Bonchev–Trinajstić information content (AvgIpc) is 2.79. The zero-order chi connectivity index (χ0) is 11.1. The van der Waals surface area contributed by atoms with Gasteiger partial charge in [-0.2, -0.15) is 0 Å². The van der Waals surface area contributed by atoms with E-state index < -0.39 is 0 Å². The predicted octanol–water partition coefficient (Wildman–Crippen LogP) is 1.11. The van der Waals surface area contributed by atoms with E-state index in [4.69, 9.17) is 15.3 Å². The fraction of sp³-hybridized carbons (Fsp3) is 0.600. The largest absolute Gasteiger partial charge is 0.400 e.